The van der Waals surface area contributed by atoms with Gasteiger partial charge in [-0.1, -0.05) is 125 Å². The summed E-state index contributed by atoms with van der Waals surface area (Å²) in [6, 6.07) is 3.04. The predicted molar refractivity (Wildman–Crippen MR) is 105 cm³/mol. The van der Waals surface area contributed by atoms with Gasteiger partial charge in [-0.2, -0.15) is 0 Å². The summed E-state index contributed by atoms with van der Waals surface area (Å²) in [5.41, 5.74) is -2.80. The molecule has 0 rings (SSSR count). The molecule has 0 atom stereocenters. The van der Waals surface area contributed by atoms with Crippen LogP contribution in [-0.4, -0.2) is 35.2 Å². The third kappa shape index (κ3) is 8.94. The molecule has 0 fully saturated rings. The number of alkyl halides is 9. The van der Waals surface area contributed by atoms with Crippen LogP contribution >= 0.6 is 104 Å². The first kappa shape index (κ1) is 31.1. The minimum Gasteiger partial charge on any atom is -0.432 e. The summed E-state index contributed by atoms with van der Waals surface area (Å²) in [6.45, 7) is 6.25. The Hall–Kier alpha value is 3.37. The van der Waals surface area contributed by atoms with Crippen molar-refractivity contribution in [3.05, 3.63) is 0 Å². The van der Waals surface area contributed by atoms with Gasteiger partial charge in [-0.3, -0.25) is 0 Å². The van der Waals surface area contributed by atoms with Crippen LogP contribution in [0.5, 0.6) is 0 Å². The van der Waals surface area contributed by atoms with Crippen molar-refractivity contribution in [3.8, 4) is 0 Å². The fraction of sp³-hybridized carbons (Fsp3) is 1.00. The van der Waals surface area contributed by atoms with Gasteiger partial charge in [0.05, 0.1) is 0 Å². The number of rotatable bonds is 3. The summed E-state index contributed by atoms with van der Waals surface area (Å²) >= 11 is 48.5. The van der Waals surface area contributed by atoms with E-state index in [1.807, 2.05) is 0 Å². The molecule has 0 saturated heterocycles. The van der Waals surface area contributed by atoms with Crippen molar-refractivity contribution in [2.24, 2.45) is 0 Å². The molecule has 0 amide bonds. The molecular formula is C10H17Cl9O2SiZn. The number of hydrogen-bond acceptors (Lipinski definition) is 2. The van der Waals surface area contributed by atoms with E-state index in [4.69, 9.17) is 104 Å². The Bertz CT molecular complexity index is 292. The van der Waals surface area contributed by atoms with E-state index >= 15 is 0 Å². The van der Waals surface area contributed by atoms with E-state index < -0.39 is 25.3 Å². The zero-order valence-electron chi connectivity index (χ0n) is 12.6. The summed E-state index contributed by atoms with van der Waals surface area (Å²) in [5, 5.41) is 9.83. The molecular weight excluding hydrogens is 565 g/mol. The molecule has 0 aromatic heterocycles. The van der Waals surface area contributed by atoms with Crippen molar-refractivity contribution < 1.29 is 29.4 Å². The van der Waals surface area contributed by atoms with Crippen LogP contribution in [0.15, 0.2) is 0 Å². The van der Waals surface area contributed by atoms with Gasteiger partial charge in [0.2, 0.25) is 17.0 Å². The van der Waals surface area contributed by atoms with Crippen LogP contribution in [0.2, 0.25) is 18.1 Å². The molecule has 0 radical (unpaired) electrons. The SMILES string of the molecule is CC[Si](O)(CC)CC.OC(C(Cl)(Cl)Cl)(C(Cl)(Cl)Cl)C(Cl)(Cl)Cl.[Zn]. The van der Waals surface area contributed by atoms with Crippen LogP contribution in [0.25, 0.3) is 0 Å². The Balaban J connectivity index is -0.000000382. The summed E-state index contributed by atoms with van der Waals surface area (Å²) in [6.07, 6.45) is 0. The number of hydrogen-bond donors (Lipinski definition) is 2. The van der Waals surface area contributed by atoms with Crippen LogP contribution in [0, 0.1) is 0 Å². The average Bonchev–Trinajstić information content (AvgIpc) is 2.33. The van der Waals surface area contributed by atoms with E-state index in [1.54, 1.807) is 0 Å². The first-order valence-electron chi connectivity index (χ1n) is 6.08. The molecule has 0 saturated carbocycles. The van der Waals surface area contributed by atoms with Crippen molar-refractivity contribution in [2.75, 3.05) is 0 Å². The van der Waals surface area contributed by atoms with Crippen molar-refractivity contribution in [1.82, 2.24) is 0 Å². The second-order valence-corrected chi connectivity index (χ2v) is 15.9. The van der Waals surface area contributed by atoms with Crippen molar-refractivity contribution in [2.45, 2.75) is 55.9 Å². The maximum absolute atomic E-state index is 9.83. The molecule has 2 N–H and O–H groups in total. The smallest absolute Gasteiger partial charge is 0.227 e. The third-order valence-corrected chi connectivity index (χ3v) is 9.62. The molecule has 23 heavy (non-hydrogen) atoms. The van der Waals surface area contributed by atoms with E-state index in [9.17, 15) is 9.90 Å². The fourth-order valence-corrected chi connectivity index (χ4v) is 6.59. The van der Waals surface area contributed by atoms with Gasteiger partial charge in [0, 0.05) is 19.5 Å². The van der Waals surface area contributed by atoms with Gasteiger partial charge in [-0.15, -0.1) is 0 Å². The maximum atomic E-state index is 9.83. The van der Waals surface area contributed by atoms with Gasteiger partial charge < -0.3 is 9.90 Å². The molecule has 0 spiro atoms. The van der Waals surface area contributed by atoms with Crippen molar-refractivity contribution in [3.63, 3.8) is 0 Å². The largest absolute Gasteiger partial charge is 0.432 e. The first-order chi connectivity index (χ1) is 9.43. The van der Waals surface area contributed by atoms with Crippen molar-refractivity contribution in [1.29, 1.82) is 0 Å². The molecule has 0 aliphatic carbocycles. The quantitative estimate of drug-likeness (QED) is 0.284. The van der Waals surface area contributed by atoms with Crippen LogP contribution in [0.4, 0.5) is 0 Å². The molecule has 138 valence electrons. The third-order valence-electron chi connectivity index (χ3n) is 3.21. The summed E-state index contributed by atoms with van der Waals surface area (Å²) in [4.78, 5) is 9.58. The summed E-state index contributed by atoms with van der Waals surface area (Å²) < 4.78 is -7.49. The molecule has 2 nitrogen and oxygen atoms in total. The monoisotopic (exact) mass is 576 g/mol. The molecule has 0 bridgehead atoms. The number of aliphatic hydroxyl groups is 1. The standard InChI is InChI=1S/C6H16OSi.C4HCl9O.Zn/c1-4-8(7,5-2)6-3;5-2(6,7)1(14,3(8,9)10)4(11,12)13;/h7H,4-6H2,1-3H3;14H;. The second-order valence-electron chi connectivity index (χ2n) is 4.49. The van der Waals surface area contributed by atoms with E-state index in [0.29, 0.717) is 0 Å². The Morgan fingerprint density at radius 1 is 0.652 bits per heavy atom. The van der Waals surface area contributed by atoms with Gasteiger partial charge in [0.15, 0.2) is 8.32 Å². The van der Waals surface area contributed by atoms with Gasteiger partial charge >= 0.3 is 0 Å². The normalized spacial score (nSPS) is 13.8. The number of halogens is 9. The van der Waals surface area contributed by atoms with E-state index in [2.05, 4.69) is 20.8 Å². The molecule has 0 heterocycles. The summed E-state index contributed by atoms with van der Waals surface area (Å²) in [7, 11) is -1.67. The minimum absolute atomic E-state index is 0. The van der Waals surface area contributed by atoms with Gasteiger partial charge in [-0.05, 0) is 18.1 Å². The first-order valence-corrected chi connectivity index (χ1v) is 12.1. The van der Waals surface area contributed by atoms with Crippen LogP contribution in [0.1, 0.15) is 20.8 Å². The molecule has 0 aromatic carbocycles. The maximum Gasteiger partial charge on any atom is 0.227 e. The Labute approximate surface area is 196 Å². The molecule has 0 aliphatic rings. The molecule has 0 aromatic rings. The van der Waals surface area contributed by atoms with E-state index in [-0.39, 0.29) is 19.5 Å². The van der Waals surface area contributed by atoms with E-state index in [1.165, 1.54) is 0 Å². The van der Waals surface area contributed by atoms with Crippen LogP contribution in [0.3, 0.4) is 0 Å². The van der Waals surface area contributed by atoms with E-state index in [0.717, 1.165) is 18.1 Å². The van der Waals surface area contributed by atoms with Gasteiger partial charge in [0.25, 0.3) is 0 Å². The zero-order valence-corrected chi connectivity index (χ0v) is 23.4. The minimum atomic E-state index is -2.80. The Morgan fingerprint density at radius 3 is 0.826 bits per heavy atom. The van der Waals surface area contributed by atoms with Crippen LogP contribution < -0.4 is 0 Å². The Morgan fingerprint density at radius 2 is 0.826 bits per heavy atom. The van der Waals surface area contributed by atoms with Crippen LogP contribution in [-0.2, 0) is 19.5 Å². The van der Waals surface area contributed by atoms with Crippen molar-refractivity contribution >= 4 is 113 Å². The predicted octanol–water partition coefficient (Wildman–Crippen LogP) is 6.81. The average molecular weight is 582 g/mol. The molecule has 0 aliphatic heterocycles. The fourth-order valence-electron chi connectivity index (χ4n) is 1.23. The molecule has 13 heteroatoms. The second kappa shape index (κ2) is 11.4. The Kier molecular flexibility index (Phi) is 15.4. The molecule has 0 unspecified atom stereocenters. The summed E-state index contributed by atoms with van der Waals surface area (Å²) in [5.74, 6) is 0. The van der Waals surface area contributed by atoms with Gasteiger partial charge in [0.1, 0.15) is 0 Å². The topological polar surface area (TPSA) is 40.5 Å². The zero-order chi connectivity index (χ0) is 18.6. The van der Waals surface area contributed by atoms with Gasteiger partial charge in [-0.25, -0.2) is 0 Å².